The number of hydrogen-bond donors (Lipinski definition) is 1. The van der Waals surface area contributed by atoms with Crippen LogP contribution in [0, 0.1) is 5.92 Å². The fourth-order valence-electron chi connectivity index (χ4n) is 1.91. The highest BCUT2D eigenvalue weighted by Crippen LogP contribution is 2.24. The Morgan fingerprint density at radius 3 is 2.27 bits per heavy atom. The third-order valence-corrected chi connectivity index (χ3v) is 2.84. The maximum Gasteiger partial charge on any atom is 0.319 e. The van der Waals surface area contributed by atoms with E-state index in [-0.39, 0.29) is 0 Å². The lowest BCUT2D eigenvalue weighted by atomic mass is 9.89. The molecule has 1 rings (SSSR count). The van der Waals surface area contributed by atoms with Gasteiger partial charge in [0.25, 0.3) is 0 Å². The van der Waals surface area contributed by atoms with Crippen molar-refractivity contribution in [2.75, 3.05) is 13.1 Å². The minimum Gasteiger partial charge on any atom is -0.311 e. The van der Waals surface area contributed by atoms with Crippen molar-refractivity contribution < 1.29 is 17.6 Å². The Bertz CT molecular complexity index is 178. The minimum atomic E-state index is -3.89. The Hall–Kier alpha value is -0.320. The molecule has 0 amide bonds. The van der Waals surface area contributed by atoms with E-state index in [9.17, 15) is 17.6 Å². The van der Waals surface area contributed by atoms with Gasteiger partial charge in [0.2, 0.25) is 0 Å². The molecule has 0 bridgehead atoms. The first-order valence-corrected chi connectivity index (χ1v) is 5.39. The third-order valence-electron chi connectivity index (χ3n) is 2.84. The van der Waals surface area contributed by atoms with Crippen LogP contribution in [0.5, 0.6) is 0 Å². The number of rotatable bonds is 5. The largest absolute Gasteiger partial charge is 0.319 e. The van der Waals surface area contributed by atoms with Crippen molar-refractivity contribution in [3.63, 3.8) is 0 Å². The number of nitrogens with one attached hydrogen (secondary N) is 1. The highest BCUT2D eigenvalue weighted by molar-refractivity contribution is 4.74. The summed E-state index contributed by atoms with van der Waals surface area (Å²) in [5.74, 6) is -3.51. The molecule has 1 aliphatic rings. The highest BCUT2D eigenvalue weighted by Gasteiger charge is 2.40. The van der Waals surface area contributed by atoms with E-state index >= 15 is 0 Å². The zero-order valence-electron chi connectivity index (χ0n) is 8.62. The molecule has 1 nitrogen and oxygen atoms in total. The molecule has 0 radical (unpaired) electrons. The topological polar surface area (TPSA) is 12.0 Å². The second-order valence-electron chi connectivity index (χ2n) is 4.20. The summed E-state index contributed by atoms with van der Waals surface area (Å²) in [6.45, 7) is -0.483. The molecular weight excluding hydrogens is 210 g/mol. The first-order valence-electron chi connectivity index (χ1n) is 5.39. The van der Waals surface area contributed by atoms with Gasteiger partial charge < -0.3 is 5.32 Å². The van der Waals surface area contributed by atoms with Crippen molar-refractivity contribution in [2.45, 2.75) is 44.5 Å². The van der Waals surface area contributed by atoms with Gasteiger partial charge in [-0.25, -0.2) is 8.78 Å². The molecule has 0 aromatic heterocycles. The van der Waals surface area contributed by atoms with Gasteiger partial charge in [-0.3, -0.25) is 0 Å². The first-order chi connectivity index (χ1) is 7.02. The summed E-state index contributed by atoms with van der Waals surface area (Å²) >= 11 is 0. The maximum atomic E-state index is 12.5. The van der Waals surface area contributed by atoms with Crippen LogP contribution in [0.3, 0.4) is 0 Å². The van der Waals surface area contributed by atoms with Crippen molar-refractivity contribution in [3.05, 3.63) is 0 Å². The van der Waals surface area contributed by atoms with Crippen LogP contribution >= 0.6 is 0 Å². The molecule has 0 saturated heterocycles. The van der Waals surface area contributed by atoms with Gasteiger partial charge in [0, 0.05) is 0 Å². The Morgan fingerprint density at radius 1 is 1.13 bits per heavy atom. The average Bonchev–Trinajstić information content (AvgIpc) is 2.19. The maximum absolute atomic E-state index is 12.5. The number of alkyl halides is 4. The molecular formula is C10H17F4N. The quantitative estimate of drug-likeness (QED) is 0.712. The molecule has 5 heteroatoms. The molecule has 15 heavy (non-hydrogen) atoms. The summed E-state index contributed by atoms with van der Waals surface area (Å²) in [5, 5.41) is 2.45. The van der Waals surface area contributed by atoms with Crippen molar-refractivity contribution in [1.82, 2.24) is 5.32 Å². The van der Waals surface area contributed by atoms with E-state index in [0.717, 1.165) is 25.7 Å². The predicted molar refractivity (Wildman–Crippen MR) is 50.4 cm³/mol. The summed E-state index contributed by atoms with van der Waals surface area (Å²) in [4.78, 5) is 0. The predicted octanol–water partition coefficient (Wildman–Crippen LogP) is 3.06. The van der Waals surface area contributed by atoms with Gasteiger partial charge in [-0.2, -0.15) is 8.78 Å². The minimum absolute atomic E-state index is 0.382. The zero-order chi connectivity index (χ0) is 11.3. The smallest absolute Gasteiger partial charge is 0.311 e. The summed E-state index contributed by atoms with van der Waals surface area (Å²) in [6.07, 6.45) is 1.91. The summed E-state index contributed by atoms with van der Waals surface area (Å²) in [5.41, 5.74) is 0. The van der Waals surface area contributed by atoms with Gasteiger partial charge >= 0.3 is 12.3 Å². The van der Waals surface area contributed by atoms with Crippen molar-refractivity contribution in [3.8, 4) is 0 Å². The van der Waals surface area contributed by atoms with Crippen LogP contribution in [-0.4, -0.2) is 25.4 Å². The van der Waals surface area contributed by atoms with Crippen LogP contribution in [0.2, 0.25) is 0 Å². The highest BCUT2D eigenvalue weighted by atomic mass is 19.3. The lowest BCUT2D eigenvalue weighted by Crippen LogP contribution is -2.40. The van der Waals surface area contributed by atoms with Gasteiger partial charge in [0.15, 0.2) is 0 Å². The number of hydrogen-bond acceptors (Lipinski definition) is 1. The normalized spacial score (nSPS) is 19.8. The summed E-state index contributed by atoms with van der Waals surface area (Å²) in [6, 6.07) is 0. The molecule has 0 aliphatic heterocycles. The molecule has 0 aromatic rings. The van der Waals surface area contributed by atoms with E-state index in [1.54, 1.807) is 0 Å². The van der Waals surface area contributed by atoms with E-state index in [1.807, 2.05) is 0 Å². The zero-order valence-corrected chi connectivity index (χ0v) is 8.62. The molecule has 0 atom stereocenters. The standard InChI is InChI=1S/C10H17F4N/c11-9(12)10(13,14)7-15-6-8-4-2-1-3-5-8/h8-9,15H,1-7H2. The molecule has 0 aromatic carbocycles. The van der Waals surface area contributed by atoms with Crippen LogP contribution in [0.4, 0.5) is 17.6 Å². The third kappa shape index (κ3) is 4.36. The van der Waals surface area contributed by atoms with Crippen LogP contribution in [0.15, 0.2) is 0 Å². The van der Waals surface area contributed by atoms with Gasteiger partial charge in [0.05, 0.1) is 6.54 Å². The van der Waals surface area contributed by atoms with E-state index in [4.69, 9.17) is 0 Å². The molecule has 1 N–H and O–H groups in total. The Labute approximate surface area is 87.2 Å². The van der Waals surface area contributed by atoms with Crippen molar-refractivity contribution in [2.24, 2.45) is 5.92 Å². The summed E-state index contributed by atoms with van der Waals surface area (Å²) < 4.78 is 48.6. The van der Waals surface area contributed by atoms with Crippen molar-refractivity contribution in [1.29, 1.82) is 0 Å². The van der Waals surface area contributed by atoms with E-state index < -0.39 is 18.9 Å². The van der Waals surface area contributed by atoms with Gasteiger partial charge in [0.1, 0.15) is 0 Å². The average molecular weight is 227 g/mol. The summed E-state index contributed by atoms with van der Waals surface area (Å²) in [7, 11) is 0. The van der Waals surface area contributed by atoms with Gasteiger partial charge in [-0.15, -0.1) is 0 Å². The molecule has 1 fully saturated rings. The van der Waals surface area contributed by atoms with Crippen LogP contribution in [-0.2, 0) is 0 Å². The fraction of sp³-hybridized carbons (Fsp3) is 1.00. The Morgan fingerprint density at radius 2 is 1.73 bits per heavy atom. The second-order valence-corrected chi connectivity index (χ2v) is 4.20. The Kier molecular flexibility index (Phi) is 4.83. The lowest BCUT2D eigenvalue weighted by molar-refractivity contribution is -0.125. The van der Waals surface area contributed by atoms with Gasteiger partial charge in [-0.1, -0.05) is 19.3 Å². The Balaban J connectivity index is 2.14. The SMILES string of the molecule is FC(F)C(F)(F)CNCC1CCCCC1. The number of halogens is 4. The monoisotopic (exact) mass is 227 g/mol. The molecule has 0 unspecified atom stereocenters. The van der Waals surface area contributed by atoms with Crippen molar-refractivity contribution >= 4 is 0 Å². The molecule has 1 aliphatic carbocycles. The fourth-order valence-corrected chi connectivity index (χ4v) is 1.91. The van der Waals surface area contributed by atoms with Crippen LogP contribution in [0.25, 0.3) is 0 Å². The lowest BCUT2D eigenvalue weighted by Gasteiger charge is -2.23. The van der Waals surface area contributed by atoms with Crippen LogP contribution in [0.1, 0.15) is 32.1 Å². The van der Waals surface area contributed by atoms with E-state index in [2.05, 4.69) is 5.32 Å². The second kappa shape index (κ2) is 5.68. The first kappa shape index (κ1) is 12.7. The molecule has 1 saturated carbocycles. The molecule has 0 heterocycles. The van der Waals surface area contributed by atoms with Crippen LogP contribution < -0.4 is 5.32 Å². The van der Waals surface area contributed by atoms with E-state index in [0.29, 0.717) is 12.5 Å². The molecule has 90 valence electrons. The molecule has 0 spiro atoms. The van der Waals surface area contributed by atoms with E-state index in [1.165, 1.54) is 6.42 Å². The van der Waals surface area contributed by atoms with Gasteiger partial charge in [-0.05, 0) is 25.3 Å².